The van der Waals surface area contributed by atoms with Crippen molar-refractivity contribution in [3.05, 3.63) is 84.9 Å². The summed E-state index contributed by atoms with van der Waals surface area (Å²) in [6, 6.07) is 17.8. The van der Waals surface area contributed by atoms with Gasteiger partial charge in [0, 0.05) is 28.7 Å². The smallest absolute Gasteiger partial charge is 0.396 e. The lowest BCUT2D eigenvalue weighted by Crippen LogP contribution is -2.29. The second kappa shape index (κ2) is 15.6. The summed E-state index contributed by atoms with van der Waals surface area (Å²) in [7, 11) is -18.6. The van der Waals surface area contributed by atoms with Gasteiger partial charge < -0.3 is 16.0 Å². The number of rotatable bonds is 15. The third kappa shape index (κ3) is 10.2. The minimum absolute atomic E-state index is 0.0503. The van der Waals surface area contributed by atoms with Gasteiger partial charge in [0.05, 0.1) is 23.8 Å². The molecule has 0 aliphatic heterocycles. The van der Waals surface area contributed by atoms with E-state index >= 15 is 0 Å². The van der Waals surface area contributed by atoms with Crippen molar-refractivity contribution in [2.24, 2.45) is 10.2 Å². The highest BCUT2D eigenvalue weighted by Crippen LogP contribution is 2.38. The normalized spacial score (nSPS) is 12.7. The Bertz CT molecular complexity index is 2710. The Morgan fingerprint density at radius 1 is 0.741 bits per heavy atom. The van der Waals surface area contributed by atoms with E-state index < -0.39 is 92.0 Å². The summed E-state index contributed by atoms with van der Waals surface area (Å²) >= 11 is 0. The first kappa shape index (κ1) is 39.9. The van der Waals surface area contributed by atoms with E-state index in [0.717, 1.165) is 24.3 Å². The summed E-state index contributed by atoms with van der Waals surface area (Å²) in [4.78, 5) is 11.3. The number of anilines is 5. The lowest BCUT2D eigenvalue weighted by atomic mass is 10.1. The van der Waals surface area contributed by atoms with E-state index in [2.05, 4.69) is 34.7 Å². The summed E-state index contributed by atoms with van der Waals surface area (Å²) in [6.07, 6.45) is -1.33. The molecule has 286 valence electrons. The summed E-state index contributed by atoms with van der Waals surface area (Å²) in [5, 5.41) is 10.6. The van der Waals surface area contributed by atoms with Gasteiger partial charge in [0.1, 0.15) is 21.2 Å². The zero-order valence-corrected chi connectivity index (χ0v) is 30.4. The van der Waals surface area contributed by atoms with Gasteiger partial charge >= 0.3 is 16.5 Å². The highest BCUT2D eigenvalue weighted by atomic mass is 32.3. The SMILES string of the molecule is Nc1c(N=Nc2cc(Nc3nc(F)nc(N(CCS(=O)(=O)CCOS(=O)(=O)O)c4ccccc4)n3)ccc2S(=O)(=O)O)cc(S(=O)(=O)O)c2ccccc12. The standard InChI is InChI=1S/C29H27FN8O12S4/c30-27-33-28(35-29(34-27)38(19-6-2-1-3-7-19)12-14-51(39,40)15-13-50-54(47,48)49)32-18-10-11-24(52(41,42)43)22(16-18)36-37-23-17-25(53(44,45)46)20-8-4-5-9-21(20)26(23)31/h1-11,16-17H,12-15,31H2,(H,41,42,43)(H,44,45,46)(H,47,48,49)(H,32,33,34,35). The first-order chi connectivity index (χ1) is 25.2. The van der Waals surface area contributed by atoms with Gasteiger partial charge in [0.15, 0.2) is 9.84 Å². The number of halogens is 1. The molecule has 0 bridgehead atoms. The minimum atomic E-state index is -4.95. The van der Waals surface area contributed by atoms with Crippen LogP contribution in [0.4, 0.5) is 44.7 Å². The highest BCUT2D eigenvalue weighted by Gasteiger charge is 2.23. The van der Waals surface area contributed by atoms with Gasteiger partial charge in [-0.2, -0.15) is 44.6 Å². The molecule has 5 rings (SSSR count). The fourth-order valence-corrected chi connectivity index (χ4v) is 7.56. The Hall–Kier alpha value is -5.28. The zero-order chi connectivity index (χ0) is 39.5. The van der Waals surface area contributed by atoms with Gasteiger partial charge in [-0.15, -0.1) is 10.2 Å². The zero-order valence-electron chi connectivity index (χ0n) is 27.1. The molecule has 54 heavy (non-hydrogen) atoms. The van der Waals surface area contributed by atoms with Crippen LogP contribution in [-0.2, 0) is 44.7 Å². The maximum Gasteiger partial charge on any atom is 0.397 e. The van der Waals surface area contributed by atoms with Gasteiger partial charge in [-0.25, -0.2) is 12.6 Å². The molecule has 0 fully saturated rings. The van der Waals surface area contributed by atoms with Crippen molar-refractivity contribution in [1.29, 1.82) is 0 Å². The molecule has 0 amide bonds. The molecule has 20 nitrogen and oxygen atoms in total. The van der Waals surface area contributed by atoms with Gasteiger partial charge in [-0.1, -0.05) is 42.5 Å². The monoisotopic (exact) mass is 826 g/mol. The number of aromatic nitrogens is 3. The molecule has 0 atom stereocenters. The molecular weight excluding hydrogens is 800 g/mol. The number of hydrogen-bond donors (Lipinski definition) is 5. The number of sulfone groups is 1. The molecule has 0 unspecified atom stereocenters. The van der Waals surface area contributed by atoms with Crippen LogP contribution in [0.5, 0.6) is 0 Å². The number of nitrogens with one attached hydrogen (secondary N) is 1. The van der Waals surface area contributed by atoms with E-state index in [0.29, 0.717) is 5.69 Å². The molecule has 0 saturated heterocycles. The number of benzene rings is 4. The second-order valence-electron chi connectivity index (χ2n) is 10.9. The van der Waals surface area contributed by atoms with Crippen molar-refractivity contribution >= 4 is 91.6 Å². The van der Waals surface area contributed by atoms with Crippen molar-refractivity contribution < 1.29 is 55.9 Å². The van der Waals surface area contributed by atoms with Crippen LogP contribution in [0.3, 0.4) is 0 Å². The van der Waals surface area contributed by atoms with Crippen LogP contribution in [0.1, 0.15) is 0 Å². The first-order valence-electron chi connectivity index (χ1n) is 14.9. The largest absolute Gasteiger partial charge is 0.397 e. The predicted octanol–water partition coefficient (Wildman–Crippen LogP) is 3.77. The molecule has 25 heteroatoms. The predicted molar refractivity (Wildman–Crippen MR) is 191 cm³/mol. The van der Waals surface area contributed by atoms with Crippen LogP contribution in [-0.4, -0.2) is 86.9 Å². The molecule has 5 aromatic rings. The molecule has 0 spiro atoms. The van der Waals surface area contributed by atoms with Crippen molar-refractivity contribution in [1.82, 2.24) is 15.0 Å². The quantitative estimate of drug-likeness (QED) is 0.0570. The molecule has 6 N–H and O–H groups in total. The average Bonchev–Trinajstić information content (AvgIpc) is 3.07. The topological polar surface area (TPSA) is 311 Å². The second-order valence-corrected chi connectivity index (χ2v) is 17.1. The minimum Gasteiger partial charge on any atom is -0.396 e. The third-order valence-electron chi connectivity index (χ3n) is 7.22. The van der Waals surface area contributed by atoms with Gasteiger partial charge in [-0.3, -0.25) is 13.7 Å². The van der Waals surface area contributed by atoms with Crippen LogP contribution >= 0.6 is 0 Å². The number of para-hydroxylation sites is 1. The van der Waals surface area contributed by atoms with Crippen molar-refractivity contribution in [2.75, 3.05) is 40.6 Å². The van der Waals surface area contributed by atoms with Crippen LogP contribution in [0, 0.1) is 6.08 Å². The van der Waals surface area contributed by atoms with Gasteiger partial charge in [-0.05, 0) is 36.4 Å². The van der Waals surface area contributed by atoms with Gasteiger partial charge in [0.2, 0.25) is 11.9 Å². The van der Waals surface area contributed by atoms with Crippen LogP contribution in [0.2, 0.25) is 0 Å². The molecule has 1 heterocycles. The fraction of sp³-hybridized carbons (Fsp3) is 0.138. The lowest BCUT2D eigenvalue weighted by molar-refractivity contribution is 0.284. The van der Waals surface area contributed by atoms with Crippen LogP contribution in [0.15, 0.2) is 98.9 Å². The van der Waals surface area contributed by atoms with E-state index in [1.807, 2.05) is 0 Å². The van der Waals surface area contributed by atoms with E-state index in [1.165, 1.54) is 35.2 Å². The van der Waals surface area contributed by atoms with E-state index in [9.17, 15) is 47.2 Å². The maximum absolute atomic E-state index is 14.9. The van der Waals surface area contributed by atoms with E-state index in [1.54, 1.807) is 24.3 Å². The Balaban J connectivity index is 1.49. The fourth-order valence-electron chi connectivity index (χ4n) is 4.84. The molecule has 0 aliphatic rings. The Morgan fingerprint density at radius 3 is 2.02 bits per heavy atom. The Morgan fingerprint density at radius 2 is 1.37 bits per heavy atom. The van der Waals surface area contributed by atoms with Crippen molar-refractivity contribution in [3.8, 4) is 0 Å². The lowest BCUT2D eigenvalue weighted by Gasteiger charge is -2.23. The number of fused-ring (bicyclic) bond motifs is 1. The summed E-state index contributed by atoms with van der Waals surface area (Å²) in [6.45, 7) is -1.24. The number of hydrogen-bond acceptors (Lipinski definition) is 17. The Kier molecular flexibility index (Phi) is 11.5. The number of nitrogens with zero attached hydrogens (tertiary/aromatic N) is 6. The number of nitrogen functional groups attached to an aromatic ring is 1. The summed E-state index contributed by atoms with van der Waals surface area (Å²) < 4.78 is 143. The molecule has 0 radical (unpaired) electrons. The molecule has 0 aliphatic carbocycles. The average molecular weight is 827 g/mol. The Labute approximate surface area is 306 Å². The van der Waals surface area contributed by atoms with Crippen molar-refractivity contribution in [2.45, 2.75) is 9.79 Å². The molecule has 1 aromatic heterocycles. The third-order valence-corrected chi connectivity index (χ3v) is 11.1. The van der Waals surface area contributed by atoms with Crippen LogP contribution < -0.4 is 16.0 Å². The molecule has 0 saturated carbocycles. The first-order valence-corrected chi connectivity index (χ1v) is 20.9. The highest BCUT2D eigenvalue weighted by molar-refractivity contribution is 7.91. The van der Waals surface area contributed by atoms with Crippen molar-refractivity contribution in [3.63, 3.8) is 0 Å². The van der Waals surface area contributed by atoms with E-state index in [4.69, 9.17) is 10.3 Å². The summed E-state index contributed by atoms with van der Waals surface area (Å²) in [5.74, 6) is -2.29. The summed E-state index contributed by atoms with van der Waals surface area (Å²) in [5.41, 5.74) is 5.55. The maximum atomic E-state index is 14.9. The van der Waals surface area contributed by atoms with Gasteiger partial charge in [0.25, 0.3) is 20.2 Å². The number of nitrogens with two attached hydrogens (primary N) is 1. The molecular formula is C29H27FN8O12S4. The van der Waals surface area contributed by atoms with Crippen LogP contribution in [0.25, 0.3) is 10.8 Å². The molecule has 4 aromatic carbocycles. The van der Waals surface area contributed by atoms with E-state index in [-0.39, 0.29) is 34.4 Å². The number of azo groups is 1.